The van der Waals surface area contributed by atoms with E-state index in [0.29, 0.717) is 41.6 Å². The number of anilines is 1. The molecule has 3 atom stereocenters. The third kappa shape index (κ3) is 5.09. The monoisotopic (exact) mass is 567 g/mol. The van der Waals surface area contributed by atoms with E-state index in [1.54, 1.807) is 29.5 Å². The number of sulfonamides is 1. The topological polar surface area (TPSA) is 96.3 Å². The zero-order valence-electron chi connectivity index (χ0n) is 21.6. The molecule has 210 valence electrons. The fraction of sp³-hybridized carbons (Fsp3) is 0.462. The first-order chi connectivity index (χ1) is 18.3. The predicted octanol–water partition coefficient (Wildman–Crippen LogP) is 3.85. The number of nitrogens with zero attached hydrogens (tertiary/aromatic N) is 3. The number of alkyl halides is 3. The van der Waals surface area contributed by atoms with Crippen molar-refractivity contribution in [2.75, 3.05) is 30.6 Å². The standard InChI is InChI=1S/C26H29F4N5O3S/c1-4-39(37,38)33-21-10-16(18-13-34(3)25(36)23-17(18)7-8-31-23)11-22-24(21)32-14(2)35(22)12-15-5-6-19(20(27)9-15)26(28,29)30/h5-6,9-11,17-18,23,31,33H,4,7-8,12-13H2,1-3H3. The van der Waals surface area contributed by atoms with Crippen LogP contribution in [0, 0.1) is 18.7 Å². The minimum absolute atomic E-state index is 0.0169. The van der Waals surface area contributed by atoms with Gasteiger partial charge in [0.05, 0.1) is 28.6 Å². The van der Waals surface area contributed by atoms with Gasteiger partial charge in [-0.1, -0.05) is 6.07 Å². The molecule has 2 aliphatic heterocycles. The molecule has 0 spiro atoms. The zero-order chi connectivity index (χ0) is 28.3. The van der Waals surface area contributed by atoms with E-state index in [9.17, 15) is 30.8 Å². The summed E-state index contributed by atoms with van der Waals surface area (Å²) in [4.78, 5) is 19.0. The number of fused-ring (bicyclic) bond motifs is 2. The summed E-state index contributed by atoms with van der Waals surface area (Å²) in [6, 6.07) is 6.11. The van der Waals surface area contributed by atoms with E-state index in [4.69, 9.17) is 0 Å². The summed E-state index contributed by atoms with van der Waals surface area (Å²) >= 11 is 0. The quantitative estimate of drug-likeness (QED) is 0.442. The Kier molecular flexibility index (Phi) is 6.86. The normalized spacial score (nSPS) is 22.0. The second kappa shape index (κ2) is 9.77. The van der Waals surface area contributed by atoms with Gasteiger partial charge in [0.25, 0.3) is 0 Å². The lowest BCUT2D eigenvalue weighted by Crippen LogP contribution is -2.52. The maximum absolute atomic E-state index is 14.3. The van der Waals surface area contributed by atoms with E-state index in [2.05, 4.69) is 15.0 Å². The first kappa shape index (κ1) is 27.4. The van der Waals surface area contributed by atoms with E-state index in [-0.39, 0.29) is 41.8 Å². The summed E-state index contributed by atoms with van der Waals surface area (Å²) in [7, 11) is -1.93. The van der Waals surface area contributed by atoms with E-state index in [1.807, 2.05) is 6.07 Å². The fourth-order valence-electron chi connectivity index (χ4n) is 5.70. The van der Waals surface area contributed by atoms with Crippen molar-refractivity contribution in [3.05, 3.63) is 58.7 Å². The number of aryl methyl sites for hydroxylation is 1. The van der Waals surface area contributed by atoms with Crippen LogP contribution in [0.3, 0.4) is 0 Å². The molecule has 2 aliphatic rings. The number of carbonyl (C=O) groups is 1. The molecule has 3 heterocycles. The number of imidazole rings is 1. The molecule has 2 aromatic carbocycles. The van der Waals surface area contributed by atoms with Gasteiger partial charge in [0.1, 0.15) is 17.2 Å². The average Bonchev–Trinajstić information content (AvgIpc) is 3.46. The number of aromatic nitrogens is 2. The van der Waals surface area contributed by atoms with Gasteiger partial charge in [-0.15, -0.1) is 0 Å². The van der Waals surface area contributed by atoms with Gasteiger partial charge in [-0.3, -0.25) is 9.52 Å². The summed E-state index contributed by atoms with van der Waals surface area (Å²) in [5.41, 5.74) is 0.990. The lowest BCUT2D eigenvalue weighted by Gasteiger charge is -2.38. The molecule has 2 N–H and O–H groups in total. The highest BCUT2D eigenvalue weighted by Gasteiger charge is 2.44. The number of carbonyl (C=O) groups excluding carboxylic acids is 1. The van der Waals surface area contributed by atoms with Gasteiger partial charge in [-0.05, 0) is 68.1 Å². The van der Waals surface area contributed by atoms with Crippen LogP contribution < -0.4 is 10.0 Å². The number of benzene rings is 2. The van der Waals surface area contributed by atoms with Gasteiger partial charge in [0.2, 0.25) is 15.9 Å². The molecule has 0 aliphatic carbocycles. The van der Waals surface area contributed by atoms with Gasteiger partial charge >= 0.3 is 6.18 Å². The smallest absolute Gasteiger partial charge is 0.344 e. The number of nitrogens with one attached hydrogen (secondary N) is 2. The van der Waals surface area contributed by atoms with Crippen molar-refractivity contribution < 1.29 is 30.8 Å². The Hall–Kier alpha value is -3.19. The maximum atomic E-state index is 14.3. The van der Waals surface area contributed by atoms with Crippen LogP contribution in [0.25, 0.3) is 11.0 Å². The summed E-state index contributed by atoms with van der Waals surface area (Å²) < 4.78 is 83.0. The van der Waals surface area contributed by atoms with Crippen LogP contribution in [0.15, 0.2) is 30.3 Å². The largest absolute Gasteiger partial charge is 0.419 e. The summed E-state index contributed by atoms with van der Waals surface area (Å²) in [5, 5.41) is 3.27. The Morgan fingerprint density at radius 2 is 1.95 bits per heavy atom. The molecular formula is C26H29F4N5O3S. The molecule has 3 unspecified atom stereocenters. The Morgan fingerprint density at radius 1 is 1.21 bits per heavy atom. The highest BCUT2D eigenvalue weighted by atomic mass is 32.2. The number of rotatable bonds is 6. The van der Waals surface area contributed by atoms with Crippen molar-refractivity contribution in [2.45, 2.75) is 44.9 Å². The lowest BCUT2D eigenvalue weighted by molar-refractivity contribution is -0.140. The van der Waals surface area contributed by atoms with Crippen LogP contribution >= 0.6 is 0 Å². The van der Waals surface area contributed by atoms with Crippen molar-refractivity contribution in [2.24, 2.45) is 5.92 Å². The first-order valence-electron chi connectivity index (χ1n) is 12.6. The summed E-state index contributed by atoms with van der Waals surface area (Å²) in [5.74, 6) is -1.09. The molecular weight excluding hydrogens is 538 g/mol. The van der Waals surface area contributed by atoms with Crippen molar-refractivity contribution >= 4 is 32.7 Å². The Labute approximate surface area is 223 Å². The van der Waals surface area contributed by atoms with Crippen LogP contribution in [0.2, 0.25) is 0 Å². The second-order valence-corrected chi connectivity index (χ2v) is 12.2. The lowest BCUT2D eigenvalue weighted by atomic mass is 9.77. The molecule has 0 radical (unpaired) electrons. The van der Waals surface area contributed by atoms with Crippen LogP contribution in [-0.4, -0.2) is 60.7 Å². The van der Waals surface area contributed by atoms with Crippen molar-refractivity contribution in [1.29, 1.82) is 0 Å². The third-order valence-electron chi connectivity index (χ3n) is 7.72. The minimum Gasteiger partial charge on any atom is -0.344 e. The molecule has 0 saturated carbocycles. The molecule has 0 bridgehead atoms. The highest BCUT2D eigenvalue weighted by Crippen LogP contribution is 2.40. The Balaban J connectivity index is 1.63. The minimum atomic E-state index is -4.80. The molecule has 2 saturated heterocycles. The Bertz CT molecular complexity index is 1550. The van der Waals surface area contributed by atoms with Gasteiger partial charge in [0, 0.05) is 26.1 Å². The summed E-state index contributed by atoms with van der Waals surface area (Å²) in [6.07, 6.45) is -4.02. The average molecular weight is 568 g/mol. The molecule has 1 amide bonds. The second-order valence-electron chi connectivity index (χ2n) is 10.2. The Morgan fingerprint density at radius 3 is 2.62 bits per heavy atom. The number of likely N-dealkylation sites (tertiary alicyclic amines) is 1. The van der Waals surface area contributed by atoms with Gasteiger partial charge < -0.3 is 14.8 Å². The third-order valence-corrected chi connectivity index (χ3v) is 9.01. The highest BCUT2D eigenvalue weighted by molar-refractivity contribution is 7.92. The maximum Gasteiger partial charge on any atom is 0.419 e. The number of hydrogen-bond acceptors (Lipinski definition) is 5. The predicted molar refractivity (Wildman–Crippen MR) is 138 cm³/mol. The van der Waals surface area contributed by atoms with E-state index in [0.717, 1.165) is 18.1 Å². The zero-order valence-corrected chi connectivity index (χ0v) is 22.5. The van der Waals surface area contributed by atoms with Crippen molar-refractivity contribution in [3.8, 4) is 0 Å². The summed E-state index contributed by atoms with van der Waals surface area (Å²) in [6.45, 7) is 4.38. The van der Waals surface area contributed by atoms with Gasteiger partial charge in [-0.25, -0.2) is 17.8 Å². The molecule has 8 nitrogen and oxygen atoms in total. The fourth-order valence-corrected chi connectivity index (χ4v) is 6.33. The van der Waals surface area contributed by atoms with Crippen LogP contribution in [0.5, 0.6) is 0 Å². The number of likely N-dealkylation sites (N-methyl/N-ethyl adjacent to an activating group) is 1. The number of piperidine rings is 1. The molecule has 2 fully saturated rings. The number of halogens is 4. The molecule has 13 heteroatoms. The van der Waals surface area contributed by atoms with E-state index < -0.39 is 27.6 Å². The van der Waals surface area contributed by atoms with Crippen LogP contribution in [0.4, 0.5) is 23.2 Å². The van der Waals surface area contributed by atoms with Crippen LogP contribution in [-0.2, 0) is 27.5 Å². The SMILES string of the molecule is CCS(=O)(=O)Nc1cc(C2CN(C)C(=O)C3NCCC32)cc2c1nc(C)n2Cc1ccc(C(F)(F)F)c(F)c1. The molecule has 1 aromatic heterocycles. The first-order valence-corrected chi connectivity index (χ1v) is 14.3. The number of hydrogen-bond donors (Lipinski definition) is 2. The van der Waals surface area contributed by atoms with E-state index >= 15 is 0 Å². The molecule has 5 rings (SSSR count). The van der Waals surface area contributed by atoms with Crippen molar-refractivity contribution in [1.82, 2.24) is 19.8 Å². The van der Waals surface area contributed by atoms with Gasteiger partial charge in [0.15, 0.2) is 0 Å². The molecule has 3 aromatic rings. The molecule has 39 heavy (non-hydrogen) atoms. The van der Waals surface area contributed by atoms with Gasteiger partial charge in [-0.2, -0.15) is 13.2 Å². The number of amides is 1. The van der Waals surface area contributed by atoms with E-state index in [1.165, 1.54) is 13.0 Å². The van der Waals surface area contributed by atoms with Crippen LogP contribution in [0.1, 0.15) is 41.8 Å². The van der Waals surface area contributed by atoms with Crippen molar-refractivity contribution in [3.63, 3.8) is 0 Å².